The predicted molar refractivity (Wildman–Crippen MR) is 73.0 cm³/mol. The van der Waals surface area contributed by atoms with Gasteiger partial charge in [-0.3, -0.25) is 4.79 Å². The molecule has 0 spiro atoms. The van der Waals surface area contributed by atoms with Crippen molar-refractivity contribution in [3.8, 4) is 0 Å². The summed E-state index contributed by atoms with van der Waals surface area (Å²) in [6.45, 7) is 6.86. The third-order valence-electron chi connectivity index (χ3n) is 2.18. The van der Waals surface area contributed by atoms with Gasteiger partial charge in [0.1, 0.15) is 11.1 Å². The first-order valence-electron chi connectivity index (χ1n) is 5.89. The molecule has 0 aliphatic carbocycles. The molecule has 0 fully saturated rings. The number of nitrogens with one attached hydrogen (secondary N) is 3. The Kier molecular flexibility index (Phi) is 5.64. The topological polar surface area (TPSA) is 78.9 Å². The Labute approximate surface area is 112 Å². The molecule has 0 aliphatic rings. The van der Waals surface area contributed by atoms with Gasteiger partial charge in [0.05, 0.1) is 6.20 Å². The molecule has 0 radical (unpaired) electrons. The third-order valence-corrected chi connectivity index (χ3v) is 2.45. The van der Waals surface area contributed by atoms with Gasteiger partial charge in [-0.2, -0.15) is 4.98 Å². The van der Waals surface area contributed by atoms with Crippen LogP contribution in [0.4, 0.5) is 11.8 Å². The van der Waals surface area contributed by atoms with Crippen molar-refractivity contribution < 1.29 is 4.79 Å². The fourth-order valence-corrected chi connectivity index (χ4v) is 1.46. The number of nitrogens with zero attached hydrogens (tertiary/aromatic N) is 2. The SMILES string of the molecule is CCNC(=O)C(C)Nc1nc(NCC)ncc1Cl. The van der Waals surface area contributed by atoms with E-state index in [0.29, 0.717) is 29.9 Å². The number of likely N-dealkylation sites (N-methyl/N-ethyl adjacent to an activating group) is 1. The molecule has 6 nitrogen and oxygen atoms in total. The Morgan fingerprint density at radius 2 is 2.17 bits per heavy atom. The predicted octanol–water partition coefficient (Wildman–Crippen LogP) is 1.50. The van der Waals surface area contributed by atoms with Crippen LogP contribution in [0.1, 0.15) is 20.8 Å². The quantitative estimate of drug-likeness (QED) is 0.731. The van der Waals surface area contributed by atoms with Crippen LogP contribution in [0, 0.1) is 0 Å². The van der Waals surface area contributed by atoms with E-state index in [0.717, 1.165) is 0 Å². The van der Waals surface area contributed by atoms with E-state index in [1.54, 1.807) is 6.92 Å². The maximum absolute atomic E-state index is 11.6. The van der Waals surface area contributed by atoms with E-state index < -0.39 is 6.04 Å². The highest BCUT2D eigenvalue weighted by molar-refractivity contribution is 6.32. The summed E-state index contributed by atoms with van der Waals surface area (Å²) in [4.78, 5) is 19.8. The Bertz CT molecular complexity index is 412. The number of amides is 1. The lowest BCUT2D eigenvalue weighted by Gasteiger charge is -2.15. The van der Waals surface area contributed by atoms with Gasteiger partial charge in [-0.25, -0.2) is 4.98 Å². The van der Waals surface area contributed by atoms with Gasteiger partial charge in [-0.15, -0.1) is 0 Å². The molecule has 3 N–H and O–H groups in total. The van der Waals surface area contributed by atoms with Crippen molar-refractivity contribution in [3.63, 3.8) is 0 Å². The average molecular weight is 272 g/mol. The van der Waals surface area contributed by atoms with Crippen LogP contribution in [0.15, 0.2) is 6.20 Å². The lowest BCUT2D eigenvalue weighted by molar-refractivity contribution is -0.121. The van der Waals surface area contributed by atoms with Crippen molar-refractivity contribution in [2.75, 3.05) is 23.7 Å². The van der Waals surface area contributed by atoms with Gasteiger partial charge >= 0.3 is 0 Å². The fourth-order valence-electron chi connectivity index (χ4n) is 1.31. The summed E-state index contributed by atoms with van der Waals surface area (Å²) in [7, 11) is 0. The first kappa shape index (κ1) is 14.5. The van der Waals surface area contributed by atoms with E-state index in [9.17, 15) is 4.79 Å². The third kappa shape index (κ3) is 4.03. The fraction of sp³-hybridized carbons (Fsp3) is 0.545. The number of carbonyl (C=O) groups excluding carboxylic acids is 1. The summed E-state index contributed by atoms with van der Waals surface area (Å²) in [6.07, 6.45) is 1.50. The summed E-state index contributed by atoms with van der Waals surface area (Å²) in [5.74, 6) is 0.825. The molecule has 1 rings (SSSR count). The minimum absolute atomic E-state index is 0.0998. The molecule has 0 aromatic carbocycles. The van der Waals surface area contributed by atoms with E-state index in [1.807, 2.05) is 13.8 Å². The molecule has 0 aliphatic heterocycles. The zero-order valence-electron chi connectivity index (χ0n) is 10.7. The van der Waals surface area contributed by atoms with Crippen molar-refractivity contribution in [1.29, 1.82) is 0 Å². The van der Waals surface area contributed by atoms with Gasteiger partial charge in [0, 0.05) is 13.1 Å². The lowest BCUT2D eigenvalue weighted by atomic mass is 10.3. The normalized spacial score (nSPS) is 11.8. The minimum atomic E-state index is -0.410. The molecule has 1 atom stereocenters. The maximum Gasteiger partial charge on any atom is 0.242 e. The number of carbonyl (C=O) groups is 1. The molecule has 18 heavy (non-hydrogen) atoms. The molecule has 1 aromatic heterocycles. The second-order valence-corrected chi connectivity index (χ2v) is 4.09. The molecule has 1 amide bonds. The highest BCUT2D eigenvalue weighted by Crippen LogP contribution is 2.20. The highest BCUT2D eigenvalue weighted by atomic mass is 35.5. The van der Waals surface area contributed by atoms with Crippen LogP contribution in [-0.4, -0.2) is 35.0 Å². The second-order valence-electron chi connectivity index (χ2n) is 3.68. The number of rotatable bonds is 6. The zero-order chi connectivity index (χ0) is 13.5. The summed E-state index contributed by atoms with van der Waals surface area (Å²) in [5, 5.41) is 9.04. The Morgan fingerprint density at radius 1 is 1.44 bits per heavy atom. The average Bonchev–Trinajstić information content (AvgIpc) is 2.34. The van der Waals surface area contributed by atoms with Gasteiger partial charge in [0.25, 0.3) is 0 Å². The number of halogens is 1. The van der Waals surface area contributed by atoms with Gasteiger partial charge in [0.2, 0.25) is 11.9 Å². The summed E-state index contributed by atoms with van der Waals surface area (Å²) in [6, 6.07) is -0.410. The van der Waals surface area contributed by atoms with Crippen molar-refractivity contribution in [2.45, 2.75) is 26.8 Å². The molecule has 1 aromatic rings. The van der Waals surface area contributed by atoms with Crippen LogP contribution in [0.5, 0.6) is 0 Å². The van der Waals surface area contributed by atoms with Crippen molar-refractivity contribution in [2.24, 2.45) is 0 Å². The number of aromatic nitrogens is 2. The monoisotopic (exact) mass is 271 g/mol. The van der Waals surface area contributed by atoms with E-state index in [2.05, 4.69) is 25.9 Å². The molecule has 0 saturated heterocycles. The summed E-state index contributed by atoms with van der Waals surface area (Å²) >= 11 is 5.98. The minimum Gasteiger partial charge on any atom is -0.357 e. The van der Waals surface area contributed by atoms with Crippen molar-refractivity contribution in [1.82, 2.24) is 15.3 Å². The van der Waals surface area contributed by atoms with Crippen LogP contribution < -0.4 is 16.0 Å². The Hall–Kier alpha value is -1.56. The number of hydrogen-bond acceptors (Lipinski definition) is 5. The molecular formula is C11H18ClN5O. The van der Waals surface area contributed by atoms with Crippen molar-refractivity contribution >= 4 is 29.3 Å². The van der Waals surface area contributed by atoms with Crippen LogP contribution in [0.3, 0.4) is 0 Å². The smallest absolute Gasteiger partial charge is 0.242 e. The van der Waals surface area contributed by atoms with Crippen LogP contribution in [0.2, 0.25) is 5.02 Å². The van der Waals surface area contributed by atoms with Crippen LogP contribution in [-0.2, 0) is 4.79 Å². The Balaban J connectivity index is 2.76. The zero-order valence-corrected chi connectivity index (χ0v) is 11.5. The van der Waals surface area contributed by atoms with Gasteiger partial charge < -0.3 is 16.0 Å². The molecule has 1 unspecified atom stereocenters. The summed E-state index contributed by atoms with van der Waals surface area (Å²) in [5.41, 5.74) is 0. The molecular weight excluding hydrogens is 254 g/mol. The van der Waals surface area contributed by atoms with E-state index in [4.69, 9.17) is 11.6 Å². The molecule has 0 saturated carbocycles. The lowest BCUT2D eigenvalue weighted by Crippen LogP contribution is -2.37. The first-order chi connectivity index (χ1) is 8.58. The van der Waals surface area contributed by atoms with Gasteiger partial charge in [-0.05, 0) is 20.8 Å². The number of hydrogen-bond donors (Lipinski definition) is 3. The molecule has 0 bridgehead atoms. The van der Waals surface area contributed by atoms with Gasteiger partial charge in [-0.1, -0.05) is 11.6 Å². The van der Waals surface area contributed by atoms with E-state index >= 15 is 0 Å². The van der Waals surface area contributed by atoms with Crippen molar-refractivity contribution in [3.05, 3.63) is 11.2 Å². The highest BCUT2D eigenvalue weighted by Gasteiger charge is 2.14. The Morgan fingerprint density at radius 3 is 2.78 bits per heavy atom. The summed E-state index contributed by atoms with van der Waals surface area (Å²) < 4.78 is 0. The van der Waals surface area contributed by atoms with Gasteiger partial charge in [0.15, 0.2) is 5.82 Å². The molecule has 7 heteroatoms. The maximum atomic E-state index is 11.6. The molecule has 100 valence electrons. The van der Waals surface area contributed by atoms with Crippen LogP contribution in [0.25, 0.3) is 0 Å². The second kappa shape index (κ2) is 7.00. The van der Waals surface area contributed by atoms with Crippen LogP contribution >= 0.6 is 11.6 Å². The van der Waals surface area contributed by atoms with E-state index in [-0.39, 0.29) is 5.91 Å². The molecule has 1 heterocycles. The largest absolute Gasteiger partial charge is 0.357 e. The van der Waals surface area contributed by atoms with E-state index in [1.165, 1.54) is 6.20 Å². The first-order valence-corrected chi connectivity index (χ1v) is 6.26. The number of anilines is 2. The standard InChI is InChI=1S/C11H18ClN5O/c1-4-13-10(18)7(3)16-9-8(12)6-15-11(17-9)14-5-2/h6-7H,4-5H2,1-3H3,(H,13,18)(H2,14,15,16,17).